The van der Waals surface area contributed by atoms with Gasteiger partial charge in [0.05, 0.1) is 24.1 Å². The first kappa shape index (κ1) is 16.8. The van der Waals surface area contributed by atoms with Crippen LogP contribution in [0.15, 0.2) is 47.1 Å². The lowest BCUT2D eigenvalue weighted by atomic mass is 10.1. The number of ether oxygens (including phenoxy) is 1. The molecular weight excluding hydrogens is 324 g/mol. The Morgan fingerprint density at radius 1 is 1.20 bits per heavy atom. The van der Waals surface area contributed by atoms with E-state index >= 15 is 0 Å². The van der Waals surface area contributed by atoms with Crippen molar-refractivity contribution in [2.75, 3.05) is 18.1 Å². The van der Waals surface area contributed by atoms with Crippen LogP contribution in [0.1, 0.15) is 29.0 Å². The molecule has 1 aromatic carbocycles. The summed E-state index contributed by atoms with van der Waals surface area (Å²) in [6.07, 6.45) is 2.74. The summed E-state index contributed by atoms with van der Waals surface area (Å²) >= 11 is 0. The van der Waals surface area contributed by atoms with Gasteiger partial charge in [-0.25, -0.2) is 4.79 Å². The number of carbonyl (C=O) groups is 3. The molecule has 1 N–H and O–H groups in total. The first-order valence-electron chi connectivity index (χ1n) is 8.01. The number of rotatable bonds is 6. The molecular formula is C18H18N2O5. The molecule has 7 heteroatoms. The molecule has 1 aliphatic heterocycles. The number of benzene rings is 1. The van der Waals surface area contributed by atoms with Crippen molar-refractivity contribution in [1.82, 2.24) is 5.32 Å². The summed E-state index contributed by atoms with van der Waals surface area (Å²) in [5.74, 6) is -0.475. The van der Waals surface area contributed by atoms with Gasteiger partial charge in [-0.2, -0.15) is 0 Å². The van der Waals surface area contributed by atoms with Crippen molar-refractivity contribution >= 4 is 23.5 Å². The second-order valence-electron chi connectivity index (χ2n) is 5.60. The molecule has 1 fully saturated rings. The van der Waals surface area contributed by atoms with E-state index in [4.69, 9.17) is 9.15 Å². The van der Waals surface area contributed by atoms with Crippen LogP contribution in [0.3, 0.4) is 0 Å². The van der Waals surface area contributed by atoms with Gasteiger partial charge in [0, 0.05) is 13.0 Å². The van der Waals surface area contributed by atoms with Crippen molar-refractivity contribution in [3.8, 4) is 0 Å². The fraction of sp³-hybridized carbons (Fsp3) is 0.278. The SMILES string of the molecule is O=C(COC(=O)c1ccccc1N1CCCC1=O)NCc1ccco1. The average molecular weight is 342 g/mol. The van der Waals surface area contributed by atoms with Crippen LogP contribution in [0, 0.1) is 0 Å². The molecule has 2 heterocycles. The van der Waals surface area contributed by atoms with E-state index < -0.39 is 18.5 Å². The molecule has 0 atom stereocenters. The molecule has 0 spiro atoms. The van der Waals surface area contributed by atoms with Crippen LogP contribution in [0.2, 0.25) is 0 Å². The molecule has 0 bridgehead atoms. The lowest BCUT2D eigenvalue weighted by Crippen LogP contribution is -2.29. The van der Waals surface area contributed by atoms with E-state index in [0.717, 1.165) is 6.42 Å². The van der Waals surface area contributed by atoms with Crippen molar-refractivity contribution in [1.29, 1.82) is 0 Å². The maximum Gasteiger partial charge on any atom is 0.340 e. The Morgan fingerprint density at radius 3 is 2.76 bits per heavy atom. The van der Waals surface area contributed by atoms with Gasteiger partial charge in [-0.15, -0.1) is 0 Å². The molecule has 0 saturated carbocycles. The van der Waals surface area contributed by atoms with Gasteiger partial charge in [0.25, 0.3) is 5.91 Å². The fourth-order valence-corrected chi connectivity index (χ4v) is 2.64. The average Bonchev–Trinajstić information content (AvgIpc) is 3.29. The third-order valence-corrected chi connectivity index (χ3v) is 3.86. The highest BCUT2D eigenvalue weighted by Crippen LogP contribution is 2.25. The van der Waals surface area contributed by atoms with E-state index in [1.165, 1.54) is 6.26 Å². The number of anilines is 1. The van der Waals surface area contributed by atoms with E-state index in [0.29, 0.717) is 24.4 Å². The second kappa shape index (κ2) is 7.65. The van der Waals surface area contributed by atoms with Crippen molar-refractivity contribution in [2.24, 2.45) is 0 Å². The van der Waals surface area contributed by atoms with Crippen LogP contribution < -0.4 is 10.2 Å². The van der Waals surface area contributed by atoms with E-state index in [2.05, 4.69) is 5.32 Å². The Balaban J connectivity index is 1.58. The molecule has 0 radical (unpaired) electrons. The summed E-state index contributed by atoms with van der Waals surface area (Å²) in [5.41, 5.74) is 0.794. The summed E-state index contributed by atoms with van der Waals surface area (Å²) in [7, 11) is 0. The van der Waals surface area contributed by atoms with Gasteiger partial charge in [0.15, 0.2) is 6.61 Å². The highest BCUT2D eigenvalue weighted by Gasteiger charge is 2.26. The predicted molar refractivity (Wildman–Crippen MR) is 88.9 cm³/mol. The first-order valence-corrected chi connectivity index (χ1v) is 8.01. The van der Waals surface area contributed by atoms with Crippen LogP contribution in [0.5, 0.6) is 0 Å². The molecule has 2 amide bonds. The topological polar surface area (TPSA) is 88.9 Å². The third kappa shape index (κ3) is 4.06. The molecule has 0 unspecified atom stereocenters. The first-order chi connectivity index (χ1) is 12.1. The minimum absolute atomic E-state index is 0.0172. The number of furan rings is 1. The van der Waals surface area contributed by atoms with E-state index in [-0.39, 0.29) is 18.0 Å². The van der Waals surface area contributed by atoms with Crippen molar-refractivity contribution in [2.45, 2.75) is 19.4 Å². The molecule has 3 rings (SSSR count). The Morgan fingerprint density at radius 2 is 2.04 bits per heavy atom. The van der Waals surface area contributed by atoms with E-state index in [9.17, 15) is 14.4 Å². The molecule has 1 aliphatic rings. The van der Waals surface area contributed by atoms with Gasteiger partial charge in [0.1, 0.15) is 5.76 Å². The zero-order chi connectivity index (χ0) is 17.6. The van der Waals surface area contributed by atoms with Crippen LogP contribution in [-0.2, 0) is 20.9 Å². The minimum atomic E-state index is -0.636. The number of amides is 2. The summed E-state index contributed by atoms with van der Waals surface area (Å²) in [6.45, 7) is 0.400. The zero-order valence-electron chi connectivity index (χ0n) is 13.6. The minimum Gasteiger partial charge on any atom is -0.467 e. The second-order valence-corrected chi connectivity index (χ2v) is 5.60. The van der Waals surface area contributed by atoms with Gasteiger partial charge in [-0.1, -0.05) is 12.1 Å². The maximum absolute atomic E-state index is 12.3. The number of carbonyl (C=O) groups excluding carboxylic acids is 3. The molecule has 0 aliphatic carbocycles. The van der Waals surface area contributed by atoms with Crippen LogP contribution >= 0.6 is 0 Å². The van der Waals surface area contributed by atoms with Crippen molar-refractivity contribution < 1.29 is 23.5 Å². The molecule has 7 nitrogen and oxygen atoms in total. The summed E-state index contributed by atoms with van der Waals surface area (Å²) < 4.78 is 10.2. The standard InChI is InChI=1S/C18H18N2O5/c21-16(19-11-13-5-4-10-24-13)12-25-18(23)14-6-1-2-7-15(14)20-9-3-8-17(20)22/h1-2,4-7,10H,3,8-9,11-12H2,(H,19,21). The number of hydrogen-bond acceptors (Lipinski definition) is 5. The Kier molecular flexibility index (Phi) is 5.13. The third-order valence-electron chi connectivity index (χ3n) is 3.86. The van der Waals surface area contributed by atoms with Crippen molar-refractivity contribution in [3.63, 3.8) is 0 Å². The Labute approximate surface area is 144 Å². The predicted octanol–water partition coefficient (Wildman–Crippen LogP) is 1.88. The quantitative estimate of drug-likeness (QED) is 0.810. The number of nitrogens with one attached hydrogen (secondary N) is 1. The molecule has 130 valence electrons. The van der Waals surface area contributed by atoms with Gasteiger partial charge in [-0.05, 0) is 30.7 Å². The molecule has 1 aromatic heterocycles. The lowest BCUT2D eigenvalue weighted by molar-refractivity contribution is -0.124. The number of hydrogen-bond donors (Lipinski definition) is 1. The molecule has 25 heavy (non-hydrogen) atoms. The van der Waals surface area contributed by atoms with Crippen LogP contribution in [0.25, 0.3) is 0 Å². The van der Waals surface area contributed by atoms with Gasteiger partial charge in [0.2, 0.25) is 5.91 Å². The summed E-state index contributed by atoms with van der Waals surface area (Å²) in [5, 5.41) is 2.59. The van der Waals surface area contributed by atoms with Gasteiger partial charge in [-0.3, -0.25) is 9.59 Å². The normalized spacial score (nSPS) is 13.8. The number of para-hydroxylation sites is 1. The Hall–Kier alpha value is -3.09. The maximum atomic E-state index is 12.3. The molecule has 2 aromatic rings. The lowest BCUT2D eigenvalue weighted by Gasteiger charge is -2.18. The van der Waals surface area contributed by atoms with Gasteiger partial charge >= 0.3 is 5.97 Å². The summed E-state index contributed by atoms with van der Waals surface area (Å²) in [4.78, 5) is 37.6. The molecule has 1 saturated heterocycles. The van der Waals surface area contributed by atoms with Crippen LogP contribution in [-0.4, -0.2) is 30.9 Å². The van der Waals surface area contributed by atoms with Gasteiger partial charge < -0.3 is 19.4 Å². The van der Waals surface area contributed by atoms with Crippen molar-refractivity contribution in [3.05, 3.63) is 54.0 Å². The largest absolute Gasteiger partial charge is 0.467 e. The summed E-state index contributed by atoms with van der Waals surface area (Å²) in [6, 6.07) is 10.2. The Bertz CT molecular complexity index is 770. The fourth-order valence-electron chi connectivity index (χ4n) is 2.64. The number of nitrogens with zero attached hydrogens (tertiary/aromatic N) is 1. The smallest absolute Gasteiger partial charge is 0.340 e. The number of esters is 1. The monoisotopic (exact) mass is 342 g/mol. The highest BCUT2D eigenvalue weighted by molar-refractivity contribution is 6.03. The van der Waals surface area contributed by atoms with E-state index in [1.807, 2.05) is 0 Å². The van der Waals surface area contributed by atoms with E-state index in [1.54, 1.807) is 41.3 Å². The zero-order valence-corrected chi connectivity index (χ0v) is 13.6. The highest BCUT2D eigenvalue weighted by atomic mass is 16.5. The van der Waals surface area contributed by atoms with Crippen LogP contribution in [0.4, 0.5) is 5.69 Å².